The van der Waals surface area contributed by atoms with Crippen LogP contribution in [0.15, 0.2) is 41.6 Å². The van der Waals surface area contributed by atoms with Gasteiger partial charge in [-0.3, -0.25) is 9.78 Å². The average molecular weight is 844 g/mol. The largest absolute Gasteiger partial charge is 0.417 e. The molecular formula is C48H89NO5Si3. The highest BCUT2D eigenvalue weighted by Gasteiger charge is 2.55. The molecule has 0 aromatic carbocycles. The highest BCUT2D eigenvalue weighted by Crippen LogP contribution is 2.52. The number of carbonyl (C=O) groups is 1. The SMILES string of the molecule is CCC(C(=O)C1(C(CCO[Si](C)(C)C(C)(C)C)O[Si](C)(C)C(C)(C)C)CCC1)C(O)C(C)CCC/C(C)=C/CC(O[Si](C)(C)C(C)(C)C)/C(C)=C/c1ccccn1. The van der Waals surface area contributed by atoms with Gasteiger partial charge in [0.15, 0.2) is 25.0 Å². The molecule has 0 saturated heterocycles. The van der Waals surface area contributed by atoms with Crippen LogP contribution in [0.2, 0.25) is 54.4 Å². The number of nitrogens with zero attached hydrogens (tertiary/aromatic N) is 1. The molecule has 1 aliphatic carbocycles. The molecule has 1 fully saturated rings. The fraction of sp³-hybridized carbons (Fsp3) is 0.792. The third-order valence-electron chi connectivity index (χ3n) is 14.7. The summed E-state index contributed by atoms with van der Waals surface area (Å²) in [5.74, 6) is -0.154. The zero-order valence-electron chi connectivity index (χ0n) is 40.4. The maximum atomic E-state index is 14.9. The Morgan fingerprint density at radius 3 is 1.91 bits per heavy atom. The molecule has 0 spiro atoms. The van der Waals surface area contributed by atoms with E-state index in [9.17, 15) is 9.90 Å². The molecule has 0 bridgehead atoms. The van der Waals surface area contributed by atoms with Gasteiger partial charge in [-0.05, 0) is 149 Å². The molecule has 5 atom stereocenters. The van der Waals surface area contributed by atoms with Crippen molar-refractivity contribution in [2.24, 2.45) is 17.3 Å². The number of hydrogen-bond donors (Lipinski definition) is 1. The number of Topliss-reactive ketones (excluding diaryl/α,β-unsaturated/α-hetero) is 1. The van der Waals surface area contributed by atoms with Gasteiger partial charge in [0, 0.05) is 18.7 Å². The third-order valence-corrected chi connectivity index (χ3v) is 28.3. The van der Waals surface area contributed by atoms with Gasteiger partial charge in [-0.15, -0.1) is 0 Å². The lowest BCUT2D eigenvalue weighted by Crippen LogP contribution is -2.58. The number of aromatic nitrogens is 1. The van der Waals surface area contributed by atoms with Gasteiger partial charge < -0.3 is 18.4 Å². The minimum Gasteiger partial charge on any atom is -0.417 e. The van der Waals surface area contributed by atoms with Crippen LogP contribution in [0.1, 0.15) is 153 Å². The lowest BCUT2D eigenvalue weighted by atomic mass is 9.58. The van der Waals surface area contributed by atoms with Crippen LogP contribution in [0.5, 0.6) is 0 Å². The minimum absolute atomic E-state index is 0.0122. The highest BCUT2D eigenvalue weighted by molar-refractivity contribution is 6.75. The van der Waals surface area contributed by atoms with Crippen LogP contribution in [0.25, 0.3) is 6.08 Å². The normalized spacial score (nSPS) is 19.1. The molecular weight excluding hydrogens is 755 g/mol. The lowest BCUT2D eigenvalue weighted by Gasteiger charge is -2.52. The van der Waals surface area contributed by atoms with Crippen molar-refractivity contribution in [1.82, 2.24) is 4.98 Å². The number of ketones is 1. The van der Waals surface area contributed by atoms with Crippen LogP contribution < -0.4 is 0 Å². The smallest absolute Gasteiger partial charge is 0.192 e. The summed E-state index contributed by atoms with van der Waals surface area (Å²) in [5.41, 5.74) is 2.93. The first kappa shape index (κ1) is 51.9. The van der Waals surface area contributed by atoms with E-state index in [0.717, 1.165) is 57.1 Å². The molecule has 1 aromatic rings. The van der Waals surface area contributed by atoms with E-state index in [-0.39, 0.29) is 39.0 Å². The summed E-state index contributed by atoms with van der Waals surface area (Å²) in [6.07, 6.45) is 13.1. The monoisotopic (exact) mass is 844 g/mol. The van der Waals surface area contributed by atoms with Gasteiger partial charge in [0.05, 0.1) is 29.4 Å². The lowest BCUT2D eigenvalue weighted by molar-refractivity contribution is -0.153. The van der Waals surface area contributed by atoms with Crippen molar-refractivity contribution in [3.8, 4) is 0 Å². The number of aliphatic hydroxyl groups excluding tert-OH is 1. The molecule has 1 heterocycles. The molecule has 2 rings (SSSR count). The first-order valence-electron chi connectivity index (χ1n) is 22.4. The highest BCUT2D eigenvalue weighted by atomic mass is 28.4. The summed E-state index contributed by atoms with van der Waals surface area (Å²) in [5, 5.41) is 12.2. The molecule has 1 aromatic heterocycles. The number of aliphatic hydroxyl groups is 1. The topological polar surface area (TPSA) is 77.9 Å². The standard InChI is InChI=1S/C48H89NO5Si3/c1-20-40(44(51)48(31-24-32-48)42(54-57(18,19)47(11,12)13)30-34-52-55(14,15)45(5,6)7)43(50)37(3)26-23-25-36(2)28-29-41(53-56(16,17)46(8,9)10)38(4)35-39-27-21-22-33-49-39/h21-22,27-28,33,35,37,40-43,50H,20,23-26,29-32,34H2,1-19H3/b36-28+,38-35+. The summed E-state index contributed by atoms with van der Waals surface area (Å²) >= 11 is 0. The average Bonchev–Trinajstić information content (AvgIpc) is 3.04. The van der Waals surface area contributed by atoms with Crippen molar-refractivity contribution in [1.29, 1.82) is 0 Å². The van der Waals surface area contributed by atoms with Crippen molar-refractivity contribution in [3.05, 3.63) is 47.3 Å². The summed E-state index contributed by atoms with van der Waals surface area (Å²) in [6.45, 7) is 43.6. The number of rotatable bonds is 22. The number of hydrogen-bond acceptors (Lipinski definition) is 6. The number of pyridine rings is 1. The molecule has 0 aliphatic heterocycles. The fourth-order valence-corrected chi connectivity index (χ4v) is 11.0. The van der Waals surface area contributed by atoms with Crippen LogP contribution in [0.4, 0.5) is 0 Å². The Balaban J connectivity index is 2.21. The van der Waals surface area contributed by atoms with Crippen molar-refractivity contribution in [2.45, 2.75) is 221 Å². The van der Waals surface area contributed by atoms with Crippen molar-refractivity contribution < 1.29 is 23.2 Å². The summed E-state index contributed by atoms with van der Waals surface area (Å²) in [4.78, 5) is 19.4. The zero-order chi connectivity index (χ0) is 43.8. The molecule has 5 unspecified atom stereocenters. The summed E-state index contributed by atoms with van der Waals surface area (Å²) < 4.78 is 20.9. The Labute approximate surface area is 355 Å². The van der Waals surface area contributed by atoms with Gasteiger partial charge in [0.1, 0.15) is 5.78 Å². The molecule has 0 amide bonds. The van der Waals surface area contributed by atoms with Crippen LogP contribution >= 0.6 is 0 Å². The van der Waals surface area contributed by atoms with Crippen molar-refractivity contribution >= 4 is 36.8 Å². The second-order valence-electron chi connectivity index (χ2n) is 22.3. The van der Waals surface area contributed by atoms with Crippen LogP contribution in [0.3, 0.4) is 0 Å². The van der Waals surface area contributed by atoms with Gasteiger partial charge in [0.2, 0.25) is 0 Å². The Bertz CT molecular complexity index is 1460. The summed E-state index contributed by atoms with van der Waals surface area (Å²) in [7, 11) is -6.17. The van der Waals surface area contributed by atoms with Gasteiger partial charge in [0.25, 0.3) is 0 Å². The minimum atomic E-state index is -2.20. The maximum absolute atomic E-state index is 14.9. The van der Waals surface area contributed by atoms with E-state index < -0.39 is 42.4 Å². The maximum Gasteiger partial charge on any atom is 0.192 e. The van der Waals surface area contributed by atoms with E-state index in [4.69, 9.17) is 13.3 Å². The summed E-state index contributed by atoms with van der Waals surface area (Å²) in [6, 6.07) is 6.01. The Hall–Kier alpha value is -1.21. The van der Waals surface area contributed by atoms with Crippen LogP contribution in [-0.4, -0.2) is 65.7 Å². The number of carbonyl (C=O) groups excluding carboxylic acids is 1. The quantitative estimate of drug-likeness (QED) is 0.0925. The van der Waals surface area contributed by atoms with Gasteiger partial charge in [-0.25, -0.2) is 0 Å². The zero-order valence-corrected chi connectivity index (χ0v) is 43.4. The van der Waals surface area contributed by atoms with Gasteiger partial charge >= 0.3 is 0 Å². The first-order valence-corrected chi connectivity index (χ1v) is 31.1. The van der Waals surface area contributed by atoms with E-state index in [1.165, 1.54) is 11.1 Å². The molecule has 1 N–H and O–H groups in total. The molecule has 57 heavy (non-hydrogen) atoms. The van der Waals surface area contributed by atoms with E-state index in [2.05, 4.69) is 146 Å². The van der Waals surface area contributed by atoms with Crippen LogP contribution in [-0.2, 0) is 18.1 Å². The second kappa shape index (κ2) is 20.6. The Kier molecular flexibility index (Phi) is 18.7. The predicted molar refractivity (Wildman–Crippen MR) is 252 cm³/mol. The van der Waals surface area contributed by atoms with E-state index in [0.29, 0.717) is 13.0 Å². The first-order chi connectivity index (χ1) is 25.9. The predicted octanol–water partition coefficient (Wildman–Crippen LogP) is 13.9. The molecule has 9 heteroatoms. The van der Waals surface area contributed by atoms with Crippen molar-refractivity contribution in [2.75, 3.05) is 6.61 Å². The molecule has 328 valence electrons. The van der Waals surface area contributed by atoms with Crippen molar-refractivity contribution in [3.63, 3.8) is 0 Å². The van der Waals surface area contributed by atoms with E-state index in [1.807, 2.05) is 24.4 Å². The van der Waals surface area contributed by atoms with E-state index in [1.54, 1.807) is 0 Å². The Morgan fingerprint density at radius 2 is 1.44 bits per heavy atom. The fourth-order valence-electron chi connectivity index (χ4n) is 7.18. The Morgan fingerprint density at radius 1 is 0.877 bits per heavy atom. The molecule has 0 radical (unpaired) electrons. The molecule has 1 aliphatic rings. The van der Waals surface area contributed by atoms with Gasteiger partial charge in [-0.1, -0.05) is 100 Å². The van der Waals surface area contributed by atoms with Gasteiger partial charge in [-0.2, -0.15) is 0 Å². The van der Waals surface area contributed by atoms with Crippen LogP contribution in [0, 0.1) is 17.3 Å². The molecule has 6 nitrogen and oxygen atoms in total. The third kappa shape index (κ3) is 14.2. The van der Waals surface area contributed by atoms with E-state index >= 15 is 0 Å². The second-order valence-corrected chi connectivity index (χ2v) is 36.6. The number of allylic oxidation sites excluding steroid dienone is 1. The molecule has 1 saturated carbocycles.